The number of hydrogen-bond acceptors (Lipinski definition) is 2. The molecule has 1 saturated heterocycles. The predicted molar refractivity (Wildman–Crippen MR) is 56.3 cm³/mol. The number of halogens is 1. The van der Waals surface area contributed by atoms with Crippen molar-refractivity contribution in [3.05, 3.63) is 30.1 Å². The van der Waals surface area contributed by atoms with Gasteiger partial charge in [0.2, 0.25) is 0 Å². The van der Waals surface area contributed by atoms with Gasteiger partial charge in [-0.1, -0.05) is 6.07 Å². The van der Waals surface area contributed by atoms with Crippen molar-refractivity contribution in [2.24, 2.45) is 0 Å². The number of nitrogens with zero attached hydrogens (tertiary/aromatic N) is 1. The van der Waals surface area contributed by atoms with Crippen LogP contribution in [0.25, 0.3) is 0 Å². The van der Waals surface area contributed by atoms with Gasteiger partial charge in [-0.25, -0.2) is 0 Å². The van der Waals surface area contributed by atoms with E-state index in [1.165, 1.54) is 18.4 Å². The van der Waals surface area contributed by atoms with Gasteiger partial charge in [-0.2, -0.15) is 0 Å². The first-order valence-electron chi connectivity index (χ1n) is 4.57. The zero-order chi connectivity index (χ0) is 8.23. The first-order chi connectivity index (χ1) is 5.97. The van der Waals surface area contributed by atoms with E-state index in [4.69, 9.17) is 0 Å². The fourth-order valence-electron chi connectivity index (χ4n) is 1.77. The Bertz CT molecular complexity index is 232. The van der Waals surface area contributed by atoms with Crippen LogP contribution in [0.2, 0.25) is 0 Å². The highest BCUT2D eigenvalue weighted by molar-refractivity contribution is 5.85. The molecule has 1 aromatic heterocycles. The zero-order valence-electron chi connectivity index (χ0n) is 7.57. The summed E-state index contributed by atoms with van der Waals surface area (Å²) in [6.45, 7) is 2.30. The Hall–Kier alpha value is -0.600. The molecule has 0 aliphatic carbocycles. The fraction of sp³-hybridized carbons (Fsp3) is 0.500. The first-order valence-corrected chi connectivity index (χ1v) is 4.57. The Morgan fingerprint density at radius 3 is 2.69 bits per heavy atom. The maximum atomic E-state index is 4.14. The van der Waals surface area contributed by atoms with Crippen molar-refractivity contribution in [3.8, 4) is 0 Å². The quantitative estimate of drug-likeness (QED) is 0.747. The molecule has 1 fully saturated rings. The molecule has 0 saturated carbocycles. The van der Waals surface area contributed by atoms with Crippen LogP contribution in [0, 0.1) is 0 Å². The summed E-state index contributed by atoms with van der Waals surface area (Å²) in [6.07, 6.45) is 6.35. The highest BCUT2D eigenvalue weighted by Gasteiger charge is 2.14. The molecule has 3 heteroatoms. The van der Waals surface area contributed by atoms with Gasteiger partial charge in [-0.15, -0.1) is 12.4 Å². The molecule has 0 amide bonds. The smallest absolute Gasteiger partial charge is 0.0302 e. The van der Waals surface area contributed by atoms with Gasteiger partial charge in [0, 0.05) is 12.4 Å². The molecule has 0 unspecified atom stereocenters. The monoisotopic (exact) mass is 198 g/mol. The standard InChI is InChI=1S/C10H14N2.ClH/c1-2-10(8-12-5-1)9-3-6-11-7-4-9;/h1-2,5,8-9,11H,3-4,6-7H2;1H. The summed E-state index contributed by atoms with van der Waals surface area (Å²) in [5.41, 5.74) is 1.40. The van der Waals surface area contributed by atoms with E-state index < -0.39 is 0 Å². The van der Waals surface area contributed by atoms with Crippen LogP contribution in [0.3, 0.4) is 0 Å². The summed E-state index contributed by atoms with van der Waals surface area (Å²) in [4.78, 5) is 4.14. The molecule has 2 heterocycles. The van der Waals surface area contributed by atoms with Gasteiger partial charge < -0.3 is 5.32 Å². The average Bonchev–Trinajstić information content (AvgIpc) is 2.21. The highest BCUT2D eigenvalue weighted by atomic mass is 35.5. The lowest BCUT2D eigenvalue weighted by Gasteiger charge is -2.22. The number of hydrogen-bond donors (Lipinski definition) is 1. The predicted octanol–water partition coefficient (Wildman–Crippen LogP) is 1.97. The Balaban J connectivity index is 0.000000845. The van der Waals surface area contributed by atoms with Crippen LogP contribution in [0.4, 0.5) is 0 Å². The molecule has 1 aliphatic rings. The third-order valence-electron chi connectivity index (χ3n) is 2.49. The summed E-state index contributed by atoms with van der Waals surface area (Å²) < 4.78 is 0. The molecular weight excluding hydrogens is 184 g/mol. The molecule has 2 nitrogen and oxygen atoms in total. The van der Waals surface area contributed by atoms with E-state index in [1.54, 1.807) is 0 Å². The van der Waals surface area contributed by atoms with Crippen LogP contribution in [-0.4, -0.2) is 18.1 Å². The van der Waals surface area contributed by atoms with Gasteiger partial charge >= 0.3 is 0 Å². The van der Waals surface area contributed by atoms with E-state index in [9.17, 15) is 0 Å². The lowest BCUT2D eigenvalue weighted by atomic mass is 9.91. The van der Waals surface area contributed by atoms with Gasteiger partial charge in [0.25, 0.3) is 0 Å². The maximum absolute atomic E-state index is 4.14. The first kappa shape index (κ1) is 10.5. The molecule has 13 heavy (non-hydrogen) atoms. The van der Waals surface area contributed by atoms with Crippen molar-refractivity contribution >= 4 is 12.4 Å². The van der Waals surface area contributed by atoms with E-state index in [-0.39, 0.29) is 12.4 Å². The third-order valence-corrected chi connectivity index (χ3v) is 2.49. The molecule has 1 aliphatic heterocycles. The van der Waals surface area contributed by atoms with E-state index in [0.29, 0.717) is 0 Å². The van der Waals surface area contributed by atoms with Gasteiger partial charge in [0.15, 0.2) is 0 Å². The topological polar surface area (TPSA) is 24.9 Å². The van der Waals surface area contributed by atoms with Crippen molar-refractivity contribution in [2.45, 2.75) is 18.8 Å². The van der Waals surface area contributed by atoms with Crippen molar-refractivity contribution in [1.29, 1.82) is 0 Å². The second kappa shape index (κ2) is 5.20. The molecule has 1 aromatic rings. The summed E-state index contributed by atoms with van der Waals surface area (Å²) in [5.74, 6) is 0.736. The maximum Gasteiger partial charge on any atom is 0.0302 e. The highest BCUT2D eigenvalue weighted by Crippen LogP contribution is 2.23. The van der Waals surface area contributed by atoms with Crippen molar-refractivity contribution in [2.75, 3.05) is 13.1 Å². The molecule has 0 spiro atoms. The van der Waals surface area contributed by atoms with Crippen LogP contribution >= 0.6 is 12.4 Å². The van der Waals surface area contributed by atoms with Crippen LogP contribution < -0.4 is 5.32 Å². The van der Waals surface area contributed by atoms with Crippen molar-refractivity contribution < 1.29 is 0 Å². The van der Waals surface area contributed by atoms with Crippen LogP contribution in [-0.2, 0) is 0 Å². The molecular formula is C10H15ClN2. The fourth-order valence-corrected chi connectivity index (χ4v) is 1.77. The zero-order valence-corrected chi connectivity index (χ0v) is 8.39. The molecule has 2 rings (SSSR count). The van der Waals surface area contributed by atoms with Gasteiger partial charge in [-0.3, -0.25) is 4.98 Å². The molecule has 0 radical (unpaired) electrons. The summed E-state index contributed by atoms with van der Waals surface area (Å²) in [5, 5.41) is 3.36. The Morgan fingerprint density at radius 1 is 1.31 bits per heavy atom. The van der Waals surface area contributed by atoms with Gasteiger partial charge in [0.05, 0.1) is 0 Å². The van der Waals surface area contributed by atoms with E-state index in [0.717, 1.165) is 19.0 Å². The number of piperidine rings is 1. The summed E-state index contributed by atoms with van der Waals surface area (Å²) in [7, 11) is 0. The minimum atomic E-state index is 0. The Kier molecular flexibility index (Phi) is 4.19. The molecule has 1 N–H and O–H groups in total. The average molecular weight is 199 g/mol. The van der Waals surface area contributed by atoms with E-state index in [2.05, 4.69) is 16.4 Å². The second-order valence-corrected chi connectivity index (χ2v) is 3.31. The minimum absolute atomic E-state index is 0. The SMILES string of the molecule is Cl.c1cncc(C2CCNCC2)c1. The van der Waals surface area contributed by atoms with Gasteiger partial charge in [-0.05, 0) is 43.5 Å². The third kappa shape index (κ3) is 2.68. The molecule has 0 bridgehead atoms. The number of nitrogens with one attached hydrogen (secondary N) is 1. The minimum Gasteiger partial charge on any atom is -0.317 e. The number of pyridine rings is 1. The largest absolute Gasteiger partial charge is 0.317 e. The Morgan fingerprint density at radius 2 is 2.08 bits per heavy atom. The lowest BCUT2D eigenvalue weighted by Crippen LogP contribution is -2.26. The number of aromatic nitrogens is 1. The molecule has 0 atom stereocenters. The van der Waals surface area contributed by atoms with Crippen LogP contribution in [0.1, 0.15) is 24.3 Å². The second-order valence-electron chi connectivity index (χ2n) is 3.31. The number of rotatable bonds is 1. The van der Waals surface area contributed by atoms with E-state index >= 15 is 0 Å². The summed E-state index contributed by atoms with van der Waals surface area (Å²) >= 11 is 0. The Labute approximate surface area is 85.2 Å². The van der Waals surface area contributed by atoms with Crippen LogP contribution in [0.5, 0.6) is 0 Å². The normalized spacial score (nSPS) is 17.8. The summed E-state index contributed by atoms with van der Waals surface area (Å²) in [6, 6.07) is 4.21. The molecule has 0 aromatic carbocycles. The molecule has 72 valence electrons. The van der Waals surface area contributed by atoms with Crippen molar-refractivity contribution in [3.63, 3.8) is 0 Å². The van der Waals surface area contributed by atoms with Gasteiger partial charge in [0.1, 0.15) is 0 Å². The lowest BCUT2D eigenvalue weighted by molar-refractivity contribution is 0.459. The van der Waals surface area contributed by atoms with Crippen LogP contribution in [0.15, 0.2) is 24.5 Å². The van der Waals surface area contributed by atoms with E-state index in [1.807, 2.05) is 18.5 Å². The van der Waals surface area contributed by atoms with Crippen molar-refractivity contribution in [1.82, 2.24) is 10.3 Å².